The Balaban J connectivity index is 2.98. The van der Waals surface area contributed by atoms with Gasteiger partial charge in [0, 0.05) is 27.2 Å². The van der Waals surface area contributed by atoms with Crippen molar-refractivity contribution in [2.75, 3.05) is 0 Å². The van der Waals surface area contributed by atoms with Gasteiger partial charge in [0.2, 0.25) is 0 Å². The second-order valence-electron chi connectivity index (χ2n) is 5.11. The first-order valence-corrected chi connectivity index (χ1v) is 6.56. The highest BCUT2D eigenvalue weighted by Gasteiger charge is 2.25. The first kappa shape index (κ1) is 13.4. The van der Waals surface area contributed by atoms with Crippen LogP contribution in [0.3, 0.4) is 0 Å². The van der Waals surface area contributed by atoms with Gasteiger partial charge in [0.25, 0.3) is 0 Å². The molecule has 0 atom stereocenters. The zero-order chi connectivity index (χ0) is 13.7. The lowest BCUT2D eigenvalue weighted by atomic mass is 9.92. The molecule has 0 unspecified atom stereocenters. The minimum atomic E-state index is -0.559. The van der Waals surface area contributed by atoms with Gasteiger partial charge in [-0.2, -0.15) is 0 Å². The maximum atomic E-state index is 11.7. The van der Waals surface area contributed by atoms with E-state index in [0.717, 1.165) is 15.6 Å². The third kappa shape index (κ3) is 2.01. The molecule has 2 aromatic heterocycles. The molecule has 0 aromatic carbocycles. The minimum Gasteiger partial charge on any atom is -0.351 e. The molecule has 2 N–H and O–H groups in total. The van der Waals surface area contributed by atoms with Crippen molar-refractivity contribution in [3.05, 3.63) is 27.6 Å². The quantitative estimate of drug-likeness (QED) is 0.749. The van der Waals surface area contributed by atoms with Crippen molar-refractivity contribution in [2.24, 2.45) is 5.73 Å². The van der Waals surface area contributed by atoms with E-state index in [4.69, 9.17) is 17.3 Å². The fourth-order valence-corrected chi connectivity index (χ4v) is 2.56. The first-order chi connectivity index (χ1) is 8.23. The number of nitrogens with two attached hydrogens (primary N) is 1. The molecule has 0 saturated carbocycles. The number of aromatic nitrogens is 2. The Morgan fingerprint density at radius 2 is 2.11 bits per heavy atom. The van der Waals surface area contributed by atoms with Crippen LogP contribution in [0.25, 0.3) is 10.9 Å². The molecule has 6 heteroatoms. The number of nitrogens with zero attached hydrogens (tertiary/aromatic N) is 2. The number of rotatable bonds is 0. The molecule has 0 aliphatic carbocycles. The van der Waals surface area contributed by atoms with Crippen LogP contribution in [0.1, 0.15) is 26.5 Å². The van der Waals surface area contributed by atoms with E-state index in [1.807, 2.05) is 26.8 Å². The van der Waals surface area contributed by atoms with Gasteiger partial charge in [-0.1, -0.05) is 32.4 Å². The van der Waals surface area contributed by atoms with E-state index in [0.29, 0.717) is 5.52 Å². The van der Waals surface area contributed by atoms with Crippen LogP contribution in [0, 0.1) is 0 Å². The lowest BCUT2D eigenvalue weighted by Crippen LogP contribution is -2.27. The third-order valence-electron chi connectivity index (χ3n) is 2.73. The summed E-state index contributed by atoms with van der Waals surface area (Å²) in [4.78, 5) is 15.7. The Labute approximate surface area is 118 Å². The molecule has 0 bridgehead atoms. The van der Waals surface area contributed by atoms with Crippen LogP contribution in [-0.4, -0.2) is 15.6 Å². The van der Waals surface area contributed by atoms with Crippen molar-refractivity contribution in [3.63, 3.8) is 0 Å². The molecule has 18 heavy (non-hydrogen) atoms. The van der Waals surface area contributed by atoms with E-state index in [1.165, 1.54) is 4.57 Å². The van der Waals surface area contributed by atoms with Gasteiger partial charge in [-0.3, -0.25) is 4.57 Å². The molecule has 0 fully saturated rings. The molecule has 2 aromatic rings. The lowest BCUT2D eigenvalue weighted by Gasteiger charge is -2.20. The third-order valence-corrected chi connectivity index (χ3v) is 3.64. The highest BCUT2D eigenvalue weighted by molar-refractivity contribution is 9.10. The van der Waals surface area contributed by atoms with Crippen LogP contribution in [0.5, 0.6) is 0 Å². The summed E-state index contributed by atoms with van der Waals surface area (Å²) in [5.74, 6) is 0. The maximum absolute atomic E-state index is 11.7. The Morgan fingerprint density at radius 1 is 1.50 bits per heavy atom. The molecule has 2 heterocycles. The summed E-state index contributed by atoms with van der Waals surface area (Å²) in [6.07, 6.45) is 1.61. The van der Waals surface area contributed by atoms with Crippen molar-refractivity contribution in [1.29, 1.82) is 0 Å². The van der Waals surface area contributed by atoms with Crippen LogP contribution in [-0.2, 0) is 5.41 Å². The first-order valence-electron chi connectivity index (χ1n) is 5.39. The maximum Gasteiger partial charge on any atom is 0.323 e. The number of halogens is 2. The monoisotopic (exact) mass is 329 g/mol. The summed E-state index contributed by atoms with van der Waals surface area (Å²) in [7, 11) is 0. The van der Waals surface area contributed by atoms with Crippen molar-refractivity contribution in [2.45, 2.75) is 26.2 Å². The minimum absolute atomic E-state index is 0.225. The average molecular weight is 331 g/mol. The molecule has 0 aliphatic heterocycles. The highest BCUT2D eigenvalue weighted by atomic mass is 79.9. The Kier molecular flexibility index (Phi) is 3.15. The fourth-order valence-electron chi connectivity index (χ4n) is 1.92. The van der Waals surface area contributed by atoms with Gasteiger partial charge in [-0.15, -0.1) is 0 Å². The SMILES string of the molecule is CC(C)(C)c1cc2c(Br)cnc(Cl)c2n1C(N)=O. The van der Waals surface area contributed by atoms with E-state index in [1.54, 1.807) is 6.20 Å². The van der Waals surface area contributed by atoms with Gasteiger partial charge in [0.15, 0.2) is 5.15 Å². The number of hydrogen-bond donors (Lipinski definition) is 1. The van der Waals surface area contributed by atoms with E-state index in [9.17, 15) is 4.79 Å². The topological polar surface area (TPSA) is 60.9 Å². The Morgan fingerprint density at radius 3 is 2.61 bits per heavy atom. The smallest absolute Gasteiger partial charge is 0.323 e. The number of amides is 1. The molecular weight excluding hydrogens is 318 g/mol. The van der Waals surface area contributed by atoms with Gasteiger partial charge < -0.3 is 5.73 Å². The van der Waals surface area contributed by atoms with Crippen molar-refractivity contribution < 1.29 is 4.79 Å². The molecule has 0 aliphatic rings. The number of carbonyl (C=O) groups is 1. The van der Waals surface area contributed by atoms with Crippen molar-refractivity contribution in [3.8, 4) is 0 Å². The van der Waals surface area contributed by atoms with Gasteiger partial charge >= 0.3 is 6.03 Å². The van der Waals surface area contributed by atoms with E-state index in [-0.39, 0.29) is 10.6 Å². The number of hydrogen-bond acceptors (Lipinski definition) is 2. The summed E-state index contributed by atoms with van der Waals surface area (Å²) in [5, 5.41) is 1.10. The molecule has 0 saturated heterocycles. The van der Waals surface area contributed by atoms with E-state index >= 15 is 0 Å². The molecule has 96 valence electrons. The largest absolute Gasteiger partial charge is 0.351 e. The second kappa shape index (κ2) is 4.24. The zero-order valence-corrected chi connectivity index (χ0v) is 12.6. The van der Waals surface area contributed by atoms with Crippen LogP contribution >= 0.6 is 27.5 Å². The summed E-state index contributed by atoms with van der Waals surface area (Å²) < 4.78 is 2.21. The molecule has 0 radical (unpaired) electrons. The van der Waals surface area contributed by atoms with Crippen LogP contribution in [0.15, 0.2) is 16.7 Å². The number of pyridine rings is 1. The predicted octanol–water partition coefficient (Wildman–Crippen LogP) is 3.68. The predicted molar refractivity (Wildman–Crippen MR) is 76.1 cm³/mol. The van der Waals surface area contributed by atoms with Crippen molar-refractivity contribution >= 4 is 44.5 Å². The molecular formula is C12H13BrClN3O. The fraction of sp³-hybridized carbons (Fsp3) is 0.333. The highest BCUT2D eigenvalue weighted by Crippen LogP contribution is 2.35. The van der Waals surface area contributed by atoms with Gasteiger partial charge in [0.05, 0.1) is 5.52 Å². The summed E-state index contributed by atoms with van der Waals surface area (Å²) >= 11 is 9.49. The number of primary amides is 1. The van der Waals surface area contributed by atoms with Crippen LogP contribution in [0.2, 0.25) is 5.15 Å². The van der Waals surface area contributed by atoms with Gasteiger partial charge in [0.1, 0.15) is 0 Å². The van der Waals surface area contributed by atoms with Crippen LogP contribution < -0.4 is 5.73 Å². The average Bonchev–Trinajstić information content (AvgIpc) is 2.64. The summed E-state index contributed by atoms with van der Waals surface area (Å²) in [5.41, 5.74) is 6.59. The molecule has 1 amide bonds. The van der Waals surface area contributed by atoms with Crippen LogP contribution in [0.4, 0.5) is 4.79 Å². The standard InChI is InChI=1S/C12H13BrClN3O/c1-12(2,3)8-4-6-7(13)5-16-10(14)9(6)17(8)11(15)18/h4-5H,1-3H3,(H2,15,18). The lowest BCUT2D eigenvalue weighted by molar-refractivity contribution is 0.249. The second-order valence-corrected chi connectivity index (χ2v) is 6.32. The molecule has 4 nitrogen and oxygen atoms in total. The molecule has 2 rings (SSSR count). The van der Waals surface area contributed by atoms with E-state index < -0.39 is 6.03 Å². The summed E-state index contributed by atoms with van der Waals surface area (Å²) in [6, 6.07) is 1.36. The Bertz CT molecular complexity index is 643. The molecule has 0 spiro atoms. The zero-order valence-electron chi connectivity index (χ0n) is 10.3. The number of carbonyl (C=O) groups excluding carboxylic acids is 1. The van der Waals surface area contributed by atoms with E-state index in [2.05, 4.69) is 20.9 Å². The Hall–Kier alpha value is -1.07. The number of fused-ring (bicyclic) bond motifs is 1. The normalized spacial score (nSPS) is 12.1. The summed E-state index contributed by atoms with van der Waals surface area (Å²) in [6.45, 7) is 6.03. The van der Waals surface area contributed by atoms with Gasteiger partial charge in [-0.05, 0) is 22.0 Å². The van der Waals surface area contributed by atoms with Gasteiger partial charge in [-0.25, -0.2) is 9.78 Å². The van der Waals surface area contributed by atoms with Crippen molar-refractivity contribution in [1.82, 2.24) is 9.55 Å².